The number of hydrogen-bond donors (Lipinski definition) is 5. The molecule has 4 amide bonds. The second kappa shape index (κ2) is 17.5. The van der Waals surface area contributed by atoms with Crippen molar-refractivity contribution >= 4 is 74.3 Å². The Morgan fingerprint density at radius 2 is 1.71 bits per heavy atom. The van der Waals surface area contributed by atoms with Crippen molar-refractivity contribution in [2.24, 2.45) is 0 Å². The van der Waals surface area contributed by atoms with Gasteiger partial charge in [-0.05, 0) is 69.9 Å². The van der Waals surface area contributed by atoms with Gasteiger partial charge in [-0.3, -0.25) is 29.4 Å². The van der Waals surface area contributed by atoms with Crippen molar-refractivity contribution in [3.63, 3.8) is 0 Å². The first-order valence-electron chi connectivity index (χ1n) is 20.4. The lowest BCUT2D eigenvalue weighted by Crippen LogP contribution is -2.52. The van der Waals surface area contributed by atoms with Crippen molar-refractivity contribution < 1.29 is 19.2 Å². The first kappa shape index (κ1) is 39.9. The summed E-state index contributed by atoms with van der Waals surface area (Å²) in [5.41, 5.74) is 3.96. The third-order valence-electron chi connectivity index (χ3n) is 11.6. The molecule has 308 valence electrons. The van der Waals surface area contributed by atoms with Gasteiger partial charge in [-0.15, -0.1) is 11.3 Å². The van der Waals surface area contributed by atoms with Crippen molar-refractivity contribution in [1.29, 1.82) is 0 Å². The zero-order valence-electron chi connectivity index (χ0n) is 33.5. The highest BCUT2D eigenvalue weighted by Gasteiger charge is 2.41. The van der Waals surface area contributed by atoms with Crippen molar-refractivity contribution in [3.05, 3.63) is 76.7 Å². The molecule has 1 aliphatic carbocycles. The van der Waals surface area contributed by atoms with Crippen molar-refractivity contribution in [2.45, 2.75) is 70.8 Å². The van der Waals surface area contributed by atoms with E-state index in [2.05, 4.69) is 55.9 Å². The largest absolute Gasteiger partial charge is 0.368 e. The molecule has 1 saturated carbocycles. The molecule has 1 saturated heterocycles. The van der Waals surface area contributed by atoms with Gasteiger partial charge in [0.2, 0.25) is 17.8 Å². The van der Waals surface area contributed by atoms with Crippen molar-refractivity contribution in [2.75, 3.05) is 66.7 Å². The molecule has 0 radical (unpaired) electrons. The molecule has 2 aliphatic heterocycles. The predicted octanol–water partition coefficient (Wildman–Crippen LogP) is 5.35. The number of benzene rings is 1. The molecule has 1 spiro atoms. The van der Waals surface area contributed by atoms with Gasteiger partial charge >= 0.3 is 0 Å². The van der Waals surface area contributed by atoms with Crippen LogP contribution in [0.3, 0.4) is 0 Å². The number of nitrogens with one attached hydrogen (secondary N) is 5. The smallest absolute Gasteiger partial charge is 0.268 e. The number of hydrogen-bond acceptors (Lipinski definition) is 12. The molecule has 16 nitrogen and oxygen atoms in total. The van der Waals surface area contributed by atoms with Crippen molar-refractivity contribution in [1.82, 2.24) is 40.0 Å². The average molecular weight is 819 g/mol. The van der Waals surface area contributed by atoms with E-state index < -0.39 is 0 Å². The molecular weight excluding hydrogens is 769 g/mol. The minimum Gasteiger partial charge on any atom is -0.368 e. The molecule has 0 unspecified atom stereocenters. The maximum atomic E-state index is 12.9. The first-order valence-corrected chi connectivity index (χ1v) is 21.2. The van der Waals surface area contributed by atoms with E-state index in [-0.39, 0.29) is 35.6 Å². The predicted molar refractivity (Wildman–Crippen MR) is 229 cm³/mol. The van der Waals surface area contributed by atoms with Crippen LogP contribution in [0.5, 0.6) is 0 Å². The molecule has 2 fully saturated rings. The molecule has 59 heavy (non-hydrogen) atoms. The minimum atomic E-state index is -0.332. The van der Waals surface area contributed by atoms with Crippen LogP contribution in [0, 0.1) is 13.8 Å². The fourth-order valence-corrected chi connectivity index (χ4v) is 9.05. The van der Waals surface area contributed by atoms with E-state index in [0.29, 0.717) is 66.3 Å². The molecule has 8 rings (SSSR count). The summed E-state index contributed by atoms with van der Waals surface area (Å²) in [5, 5.41) is 16.4. The van der Waals surface area contributed by atoms with Crippen LogP contribution in [-0.4, -0.2) is 98.8 Å². The number of unbranched alkanes of at least 4 members (excludes halogenated alkanes) is 1. The standard InChI is InChI=1S/C42H50N12O4S/c1-27-28(2)59-41(47-27)51-38(57)31-10-4-5-11-32(31)48-35(55)12-6-9-17-43-36(56)25-52-18-20-53(21-19-52)30-13-14-34(44-24-30)49-40-45-23-29-22-33-39(58)46-26-42(15-7-3-8-16-42)54(33)37(29)50-40/h4-5,10-11,13-14,22-24H,3,6-9,12,15-21,25-26H2,1-2H3,(H,43,56)(H,46,58)(H,48,55)(H,47,51,57)(H,44,45,49,50). The zero-order valence-corrected chi connectivity index (χ0v) is 34.3. The van der Waals surface area contributed by atoms with Crippen LogP contribution in [0.15, 0.2) is 54.9 Å². The summed E-state index contributed by atoms with van der Waals surface area (Å²) in [6.45, 7) is 8.28. The lowest BCUT2D eigenvalue weighted by atomic mass is 9.80. The third kappa shape index (κ3) is 9.05. The monoisotopic (exact) mass is 818 g/mol. The highest BCUT2D eigenvalue weighted by molar-refractivity contribution is 7.15. The number of carbonyl (C=O) groups excluding carboxylic acids is 4. The third-order valence-corrected chi connectivity index (χ3v) is 12.5. The SMILES string of the molecule is Cc1nc(NC(=O)c2ccccc2NC(=O)CCCCNC(=O)CN2CCN(c3ccc(Nc4ncc5cc6n(c5n4)C4(CCCCC4)CNC6=O)nc3)CC2)sc1C. The number of para-hydroxylation sites is 1. The number of piperazine rings is 1. The van der Waals surface area contributed by atoms with Gasteiger partial charge in [0.25, 0.3) is 11.8 Å². The van der Waals surface area contributed by atoms with Gasteiger partial charge < -0.3 is 30.7 Å². The average Bonchev–Trinajstić information content (AvgIpc) is 3.79. The Morgan fingerprint density at radius 1 is 0.898 bits per heavy atom. The van der Waals surface area contributed by atoms with E-state index in [9.17, 15) is 19.2 Å². The molecule has 4 aromatic heterocycles. The molecule has 0 atom stereocenters. The zero-order chi connectivity index (χ0) is 40.9. The van der Waals surface area contributed by atoms with Crippen molar-refractivity contribution in [3.8, 4) is 0 Å². The van der Waals surface area contributed by atoms with Crippen LogP contribution >= 0.6 is 11.3 Å². The summed E-state index contributed by atoms with van der Waals surface area (Å²) in [6.07, 6.45) is 10.6. The van der Waals surface area contributed by atoms with Gasteiger partial charge in [0.15, 0.2) is 5.13 Å². The van der Waals surface area contributed by atoms with Gasteiger partial charge in [0.05, 0.1) is 40.9 Å². The van der Waals surface area contributed by atoms with Crippen LogP contribution in [0.1, 0.15) is 82.8 Å². The van der Waals surface area contributed by atoms with E-state index in [1.54, 1.807) is 30.5 Å². The minimum absolute atomic E-state index is 0.0382. The second-order valence-electron chi connectivity index (χ2n) is 15.6. The topological polar surface area (TPSA) is 191 Å². The van der Waals surface area contributed by atoms with Gasteiger partial charge in [0.1, 0.15) is 17.2 Å². The summed E-state index contributed by atoms with van der Waals surface area (Å²) in [5.74, 6) is 0.435. The van der Waals surface area contributed by atoms with E-state index in [0.717, 1.165) is 79.2 Å². The van der Waals surface area contributed by atoms with Gasteiger partial charge in [0, 0.05) is 62.1 Å². The van der Waals surface area contributed by atoms with Crippen LogP contribution in [-0.2, 0) is 15.1 Å². The number of carbonyl (C=O) groups is 4. The first-order chi connectivity index (χ1) is 28.6. The summed E-state index contributed by atoms with van der Waals surface area (Å²) in [6, 6.07) is 12.7. The Balaban J connectivity index is 0.748. The molecule has 3 aliphatic rings. The number of nitrogens with zero attached hydrogens (tertiary/aromatic N) is 7. The Bertz CT molecular complexity index is 2330. The molecule has 1 aromatic carbocycles. The van der Waals surface area contributed by atoms with Gasteiger partial charge in [-0.1, -0.05) is 31.4 Å². The van der Waals surface area contributed by atoms with Crippen LogP contribution in [0.4, 0.5) is 28.3 Å². The molecule has 5 aromatic rings. The Kier molecular flexibility index (Phi) is 11.8. The summed E-state index contributed by atoms with van der Waals surface area (Å²) >= 11 is 1.41. The number of pyridine rings is 1. The lowest BCUT2D eigenvalue weighted by Gasteiger charge is -2.42. The fourth-order valence-electron chi connectivity index (χ4n) is 8.24. The second-order valence-corrected chi connectivity index (χ2v) is 16.8. The normalized spacial score (nSPS) is 16.4. The number of aryl methyl sites for hydroxylation is 2. The lowest BCUT2D eigenvalue weighted by molar-refractivity contribution is -0.122. The Hall–Kier alpha value is -5.94. The molecule has 17 heteroatoms. The summed E-state index contributed by atoms with van der Waals surface area (Å²) in [4.78, 5) is 75.0. The summed E-state index contributed by atoms with van der Waals surface area (Å²) in [7, 11) is 0. The summed E-state index contributed by atoms with van der Waals surface area (Å²) < 4.78 is 2.16. The quantitative estimate of drug-likeness (QED) is 0.0964. The highest BCUT2D eigenvalue weighted by atomic mass is 32.1. The number of fused-ring (bicyclic) bond motifs is 4. The Labute approximate surface area is 346 Å². The van der Waals surface area contributed by atoms with E-state index in [4.69, 9.17) is 4.98 Å². The Morgan fingerprint density at radius 3 is 2.47 bits per heavy atom. The van der Waals surface area contributed by atoms with E-state index >= 15 is 0 Å². The maximum absolute atomic E-state index is 12.9. The number of rotatable bonds is 13. The maximum Gasteiger partial charge on any atom is 0.268 e. The van der Waals surface area contributed by atoms with Gasteiger partial charge in [-0.2, -0.15) is 4.98 Å². The number of anilines is 5. The molecule has 5 N–H and O–H groups in total. The molecular formula is C42H50N12O4S. The van der Waals surface area contributed by atoms with E-state index in [1.807, 2.05) is 38.2 Å². The van der Waals surface area contributed by atoms with E-state index in [1.165, 1.54) is 17.8 Å². The number of aromatic nitrogens is 5. The van der Waals surface area contributed by atoms with Gasteiger partial charge in [-0.25, -0.2) is 15.0 Å². The number of amides is 4. The van der Waals surface area contributed by atoms with Crippen LogP contribution in [0.2, 0.25) is 0 Å². The molecule has 0 bridgehead atoms. The van der Waals surface area contributed by atoms with Crippen LogP contribution < -0.4 is 31.5 Å². The van der Waals surface area contributed by atoms with Crippen LogP contribution in [0.25, 0.3) is 11.0 Å². The number of thiazole rings is 1. The highest BCUT2D eigenvalue weighted by Crippen LogP contribution is 2.40. The fraction of sp³-hybridized carbons (Fsp3) is 0.429. The molecule has 6 heterocycles.